The third-order valence-electron chi connectivity index (χ3n) is 3.91. The number of fused-ring (bicyclic) bond motifs is 3. The fourth-order valence-electron chi connectivity index (χ4n) is 2.91. The van der Waals surface area contributed by atoms with Gasteiger partial charge in [-0.25, -0.2) is 0 Å². The van der Waals surface area contributed by atoms with Crippen molar-refractivity contribution in [3.63, 3.8) is 0 Å². The fraction of sp³-hybridized carbons (Fsp3) is 0.294. The first kappa shape index (κ1) is 11.8. The Morgan fingerprint density at radius 3 is 2.80 bits per heavy atom. The summed E-state index contributed by atoms with van der Waals surface area (Å²) in [4.78, 5) is 0. The van der Waals surface area contributed by atoms with E-state index in [1.807, 2.05) is 24.3 Å². The monoisotopic (exact) mass is 267 g/mol. The van der Waals surface area contributed by atoms with E-state index < -0.39 is 0 Å². The molecular formula is C17H17NO2. The number of hydrogen-bond donors (Lipinski definition) is 1. The largest absolute Gasteiger partial charge is 0.456 e. The van der Waals surface area contributed by atoms with Gasteiger partial charge in [0, 0.05) is 29.1 Å². The molecular weight excluding hydrogens is 250 g/mol. The highest BCUT2D eigenvalue weighted by molar-refractivity contribution is 6.05. The summed E-state index contributed by atoms with van der Waals surface area (Å²) in [5.41, 5.74) is 3.02. The summed E-state index contributed by atoms with van der Waals surface area (Å²) in [7, 11) is 0. The van der Waals surface area contributed by atoms with Gasteiger partial charge in [-0.15, -0.1) is 0 Å². The zero-order valence-electron chi connectivity index (χ0n) is 11.3. The van der Waals surface area contributed by atoms with Crippen molar-refractivity contribution >= 4 is 27.6 Å². The maximum Gasteiger partial charge on any atom is 0.135 e. The molecule has 2 aromatic carbocycles. The molecule has 0 aliphatic carbocycles. The van der Waals surface area contributed by atoms with Crippen molar-refractivity contribution in [3.05, 3.63) is 42.5 Å². The van der Waals surface area contributed by atoms with Crippen LogP contribution < -0.4 is 5.32 Å². The molecule has 102 valence electrons. The van der Waals surface area contributed by atoms with Crippen LogP contribution in [0.4, 0.5) is 5.69 Å². The number of rotatable bonds is 2. The van der Waals surface area contributed by atoms with Crippen molar-refractivity contribution in [2.45, 2.75) is 18.9 Å². The average Bonchev–Trinajstić information content (AvgIpc) is 2.86. The molecule has 1 aliphatic heterocycles. The van der Waals surface area contributed by atoms with Crippen LogP contribution in [0.1, 0.15) is 12.8 Å². The highest BCUT2D eigenvalue weighted by Crippen LogP contribution is 2.30. The second kappa shape index (κ2) is 4.84. The Bertz CT molecular complexity index is 741. The van der Waals surface area contributed by atoms with Crippen LogP contribution in [0.3, 0.4) is 0 Å². The SMILES string of the molecule is c1ccc2c(c1)oc1ccc(NC3CCCOC3)cc12. The molecule has 4 rings (SSSR count). The van der Waals surface area contributed by atoms with Gasteiger partial charge in [0.05, 0.1) is 6.61 Å². The third kappa shape index (κ3) is 2.04. The lowest BCUT2D eigenvalue weighted by molar-refractivity contribution is 0.0876. The second-order valence-electron chi connectivity index (χ2n) is 5.37. The summed E-state index contributed by atoms with van der Waals surface area (Å²) in [6.45, 7) is 1.69. The van der Waals surface area contributed by atoms with Crippen molar-refractivity contribution in [3.8, 4) is 0 Å². The van der Waals surface area contributed by atoms with Gasteiger partial charge in [-0.05, 0) is 37.1 Å². The molecule has 0 saturated carbocycles. The molecule has 20 heavy (non-hydrogen) atoms. The van der Waals surface area contributed by atoms with Gasteiger partial charge in [0.15, 0.2) is 0 Å². The van der Waals surface area contributed by atoms with E-state index in [1.165, 1.54) is 17.2 Å². The Morgan fingerprint density at radius 1 is 1.00 bits per heavy atom. The van der Waals surface area contributed by atoms with Crippen LogP contribution in [-0.2, 0) is 4.74 Å². The maximum atomic E-state index is 5.84. The predicted molar refractivity (Wildman–Crippen MR) is 81.2 cm³/mol. The van der Waals surface area contributed by atoms with Crippen molar-refractivity contribution in [2.75, 3.05) is 18.5 Å². The van der Waals surface area contributed by atoms with E-state index in [0.717, 1.165) is 36.5 Å². The molecule has 1 atom stereocenters. The molecule has 1 unspecified atom stereocenters. The molecule has 0 radical (unpaired) electrons. The first-order valence-electron chi connectivity index (χ1n) is 7.16. The Hall–Kier alpha value is -2.00. The van der Waals surface area contributed by atoms with E-state index in [2.05, 4.69) is 23.5 Å². The van der Waals surface area contributed by atoms with Gasteiger partial charge in [-0.1, -0.05) is 18.2 Å². The quantitative estimate of drug-likeness (QED) is 0.756. The summed E-state index contributed by atoms with van der Waals surface area (Å²) in [6.07, 6.45) is 2.30. The molecule has 1 fully saturated rings. The topological polar surface area (TPSA) is 34.4 Å². The number of hydrogen-bond acceptors (Lipinski definition) is 3. The Morgan fingerprint density at radius 2 is 1.90 bits per heavy atom. The smallest absolute Gasteiger partial charge is 0.135 e. The first-order valence-corrected chi connectivity index (χ1v) is 7.16. The Labute approximate surface area is 117 Å². The first-order chi connectivity index (χ1) is 9.90. The molecule has 1 aliphatic rings. The lowest BCUT2D eigenvalue weighted by Crippen LogP contribution is -2.29. The minimum atomic E-state index is 0.416. The maximum absolute atomic E-state index is 5.84. The lowest BCUT2D eigenvalue weighted by Gasteiger charge is -2.24. The minimum Gasteiger partial charge on any atom is -0.456 e. The molecule has 0 spiro atoms. The molecule has 2 heterocycles. The summed E-state index contributed by atoms with van der Waals surface area (Å²) >= 11 is 0. The highest BCUT2D eigenvalue weighted by Gasteiger charge is 2.14. The van der Waals surface area contributed by atoms with Gasteiger partial charge in [0.25, 0.3) is 0 Å². The summed E-state index contributed by atoms with van der Waals surface area (Å²) in [5.74, 6) is 0. The number of furan rings is 1. The van der Waals surface area contributed by atoms with Crippen LogP contribution in [0.2, 0.25) is 0 Å². The van der Waals surface area contributed by atoms with Crippen LogP contribution in [0.15, 0.2) is 46.9 Å². The predicted octanol–water partition coefficient (Wildman–Crippen LogP) is 4.18. The van der Waals surface area contributed by atoms with Crippen LogP contribution >= 0.6 is 0 Å². The van der Waals surface area contributed by atoms with Gasteiger partial charge in [-0.3, -0.25) is 0 Å². The van der Waals surface area contributed by atoms with Gasteiger partial charge in [-0.2, -0.15) is 0 Å². The Kier molecular flexibility index (Phi) is 2.85. The van der Waals surface area contributed by atoms with E-state index in [-0.39, 0.29) is 0 Å². The highest BCUT2D eigenvalue weighted by atomic mass is 16.5. The number of ether oxygens (including phenoxy) is 1. The average molecular weight is 267 g/mol. The van der Waals surface area contributed by atoms with E-state index in [9.17, 15) is 0 Å². The van der Waals surface area contributed by atoms with Crippen LogP contribution in [0.25, 0.3) is 21.9 Å². The second-order valence-corrected chi connectivity index (χ2v) is 5.37. The van der Waals surface area contributed by atoms with Gasteiger partial charge in [0.2, 0.25) is 0 Å². The van der Waals surface area contributed by atoms with Gasteiger partial charge in [0.1, 0.15) is 11.2 Å². The Balaban J connectivity index is 1.71. The summed E-state index contributed by atoms with van der Waals surface area (Å²) in [6, 6.07) is 14.9. The number of anilines is 1. The molecule has 0 bridgehead atoms. The van der Waals surface area contributed by atoms with Crippen LogP contribution in [-0.4, -0.2) is 19.3 Å². The summed E-state index contributed by atoms with van der Waals surface area (Å²) in [5, 5.41) is 5.90. The number of para-hydroxylation sites is 1. The minimum absolute atomic E-state index is 0.416. The number of nitrogens with one attached hydrogen (secondary N) is 1. The molecule has 1 aromatic heterocycles. The standard InChI is InChI=1S/C17H17NO2/c1-2-6-16-14(5-1)15-10-12(7-8-17(15)20-16)18-13-4-3-9-19-11-13/h1-2,5-8,10,13,18H,3-4,9,11H2. The molecule has 3 nitrogen and oxygen atoms in total. The van der Waals surface area contributed by atoms with E-state index in [1.54, 1.807) is 0 Å². The summed E-state index contributed by atoms with van der Waals surface area (Å²) < 4.78 is 11.4. The fourth-order valence-corrected chi connectivity index (χ4v) is 2.91. The zero-order chi connectivity index (χ0) is 13.4. The molecule has 3 heteroatoms. The van der Waals surface area contributed by atoms with Gasteiger partial charge >= 0.3 is 0 Å². The molecule has 1 N–H and O–H groups in total. The molecule has 3 aromatic rings. The molecule has 0 amide bonds. The van der Waals surface area contributed by atoms with Crippen molar-refractivity contribution in [1.29, 1.82) is 0 Å². The van der Waals surface area contributed by atoms with Crippen molar-refractivity contribution in [1.82, 2.24) is 0 Å². The third-order valence-corrected chi connectivity index (χ3v) is 3.91. The van der Waals surface area contributed by atoms with Crippen LogP contribution in [0, 0.1) is 0 Å². The van der Waals surface area contributed by atoms with E-state index in [0.29, 0.717) is 6.04 Å². The lowest BCUT2D eigenvalue weighted by atomic mass is 10.1. The number of benzene rings is 2. The van der Waals surface area contributed by atoms with Crippen molar-refractivity contribution in [2.24, 2.45) is 0 Å². The van der Waals surface area contributed by atoms with Crippen LogP contribution in [0.5, 0.6) is 0 Å². The van der Waals surface area contributed by atoms with E-state index >= 15 is 0 Å². The normalized spacial score (nSPS) is 19.5. The molecule has 1 saturated heterocycles. The van der Waals surface area contributed by atoms with Crippen molar-refractivity contribution < 1.29 is 9.15 Å². The van der Waals surface area contributed by atoms with E-state index in [4.69, 9.17) is 9.15 Å². The van der Waals surface area contributed by atoms with Gasteiger partial charge < -0.3 is 14.5 Å². The zero-order valence-corrected chi connectivity index (χ0v) is 11.3.